The first kappa shape index (κ1) is 14.6. The summed E-state index contributed by atoms with van der Waals surface area (Å²) in [5.74, 6) is 0.513. The van der Waals surface area contributed by atoms with Crippen LogP contribution >= 0.6 is 11.3 Å². The van der Waals surface area contributed by atoms with Crippen LogP contribution in [0, 0.1) is 11.3 Å². The molecule has 3 rings (SSSR count). The summed E-state index contributed by atoms with van der Waals surface area (Å²) in [4.78, 5) is 1.41. The lowest BCUT2D eigenvalue weighted by atomic mass is 9.98. The minimum Gasteiger partial charge on any atom is -0.192 e. The van der Waals surface area contributed by atoms with Crippen LogP contribution in [0.15, 0.2) is 66.0 Å². The Bertz CT molecular complexity index is 779. The van der Waals surface area contributed by atoms with Crippen LogP contribution < -0.4 is 0 Å². The molecule has 3 aromatic rings. The highest BCUT2D eigenvalue weighted by Crippen LogP contribution is 2.31. The third-order valence-corrected chi connectivity index (χ3v) is 5.00. The number of hydrogen-bond acceptors (Lipinski definition) is 2. The van der Waals surface area contributed by atoms with E-state index >= 15 is 0 Å². The van der Waals surface area contributed by atoms with Crippen LogP contribution in [0.1, 0.15) is 28.8 Å². The molecule has 1 aromatic heterocycles. The van der Waals surface area contributed by atoms with Gasteiger partial charge >= 0.3 is 0 Å². The maximum Gasteiger partial charge on any atom is 0.0991 e. The molecule has 1 heterocycles. The molecule has 0 bridgehead atoms. The van der Waals surface area contributed by atoms with Gasteiger partial charge in [0.15, 0.2) is 0 Å². The van der Waals surface area contributed by atoms with Crippen molar-refractivity contribution in [2.75, 3.05) is 0 Å². The van der Waals surface area contributed by atoms with Crippen molar-refractivity contribution in [3.05, 3.63) is 82.0 Å². The van der Waals surface area contributed by atoms with Gasteiger partial charge in [0.2, 0.25) is 0 Å². The second-order valence-electron chi connectivity index (χ2n) is 5.52. The molecule has 0 fully saturated rings. The second kappa shape index (κ2) is 6.60. The molecule has 1 unspecified atom stereocenters. The highest BCUT2D eigenvalue weighted by atomic mass is 32.1. The summed E-state index contributed by atoms with van der Waals surface area (Å²) in [6.07, 6.45) is 1.06. The van der Waals surface area contributed by atoms with Crippen LogP contribution in [0.3, 0.4) is 0 Å². The summed E-state index contributed by atoms with van der Waals surface area (Å²) in [6.45, 7) is 2.28. The van der Waals surface area contributed by atoms with Crippen molar-refractivity contribution in [3.8, 4) is 17.2 Å². The average molecular weight is 303 g/mol. The summed E-state index contributed by atoms with van der Waals surface area (Å²) < 4.78 is 0. The predicted molar refractivity (Wildman–Crippen MR) is 93.0 cm³/mol. The van der Waals surface area contributed by atoms with Gasteiger partial charge in [-0.1, -0.05) is 49.4 Å². The largest absolute Gasteiger partial charge is 0.192 e. The van der Waals surface area contributed by atoms with E-state index in [9.17, 15) is 0 Å². The van der Waals surface area contributed by atoms with Gasteiger partial charge in [-0.05, 0) is 52.6 Å². The lowest BCUT2D eigenvalue weighted by molar-refractivity contribution is 0.775. The third-order valence-electron chi connectivity index (χ3n) is 3.84. The van der Waals surface area contributed by atoms with Gasteiger partial charge in [-0.3, -0.25) is 0 Å². The Labute approximate surface area is 135 Å². The van der Waals surface area contributed by atoms with Crippen LogP contribution in [0.25, 0.3) is 11.1 Å². The quantitative estimate of drug-likeness (QED) is 0.612. The van der Waals surface area contributed by atoms with E-state index in [4.69, 9.17) is 5.26 Å². The molecule has 0 amide bonds. The van der Waals surface area contributed by atoms with Gasteiger partial charge in [0.1, 0.15) is 0 Å². The molecule has 22 heavy (non-hydrogen) atoms. The van der Waals surface area contributed by atoms with Gasteiger partial charge < -0.3 is 0 Å². The Balaban J connectivity index is 1.76. The molecule has 0 spiro atoms. The van der Waals surface area contributed by atoms with Crippen LogP contribution in [0.4, 0.5) is 0 Å². The average Bonchev–Trinajstić information content (AvgIpc) is 3.06. The summed E-state index contributed by atoms with van der Waals surface area (Å²) in [5, 5.41) is 11.1. The molecule has 0 saturated heterocycles. The van der Waals surface area contributed by atoms with Crippen molar-refractivity contribution in [2.45, 2.75) is 19.3 Å². The minimum atomic E-state index is 0.513. The van der Waals surface area contributed by atoms with E-state index in [2.05, 4.69) is 54.8 Å². The van der Waals surface area contributed by atoms with Crippen LogP contribution in [-0.2, 0) is 6.42 Å². The first-order chi connectivity index (χ1) is 10.8. The maximum atomic E-state index is 8.87. The van der Waals surface area contributed by atoms with E-state index in [0.717, 1.165) is 6.42 Å². The Morgan fingerprint density at radius 1 is 1.00 bits per heavy atom. The fourth-order valence-corrected chi connectivity index (χ4v) is 3.55. The normalized spacial score (nSPS) is 11.8. The summed E-state index contributed by atoms with van der Waals surface area (Å²) in [5.41, 5.74) is 4.50. The molecule has 0 N–H and O–H groups in total. The van der Waals surface area contributed by atoms with E-state index in [-0.39, 0.29) is 0 Å². The Morgan fingerprint density at radius 2 is 1.73 bits per heavy atom. The van der Waals surface area contributed by atoms with E-state index in [0.29, 0.717) is 11.5 Å². The number of thiophene rings is 1. The third kappa shape index (κ3) is 3.27. The van der Waals surface area contributed by atoms with Gasteiger partial charge in [0.05, 0.1) is 11.6 Å². The van der Waals surface area contributed by atoms with Crippen LogP contribution in [0.2, 0.25) is 0 Å². The summed E-state index contributed by atoms with van der Waals surface area (Å²) in [6, 6.07) is 22.8. The molecule has 2 aromatic carbocycles. The van der Waals surface area contributed by atoms with Crippen LogP contribution in [-0.4, -0.2) is 0 Å². The van der Waals surface area contributed by atoms with Crippen molar-refractivity contribution < 1.29 is 0 Å². The molecule has 0 aliphatic heterocycles. The fourth-order valence-electron chi connectivity index (χ4n) is 2.57. The number of nitrogens with zero attached hydrogens (tertiary/aromatic N) is 1. The van der Waals surface area contributed by atoms with E-state index in [1.54, 1.807) is 0 Å². The van der Waals surface area contributed by atoms with Gasteiger partial charge in [-0.2, -0.15) is 5.26 Å². The minimum absolute atomic E-state index is 0.513. The van der Waals surface area contributed by atoms with Gasteiger partial charge in [-0.15, -0.1) is 11.3 Å². The molecule has 0 saturated carbocycles. The van der Waals surface area contributed by atoms with Crippen molar-refractivity contribution >= 4 is 11.3 Å². The molecule has 2 heteroatoms. The molecule has 0 aliphatic carbocycles. The Hall–Kier alpha value is -2.37. The van der Waals surface area contributed by atoms with Crippen molar-refractivity contribution in [1.29, 1.82) is 5.26 Å². The Morgan fingerprint density at radius 3 is 2.41 bits per heavy atom. The molecular formula is C20H17NS. The van der Waals surface area contributed by atoms with E-state index in [1.165, 1.54) is 21.6 Å². The SMILES string of the molecule is CC(Cc1ccccc1)c1cc(-c2ccc(C#N)cc2)cs1. The number of nitriles is 1. The standard InChI is InChI=1S/C20H17NS/c1-15(11-16-5-3-2-4-6-16)20-12-19(14-22-20)18-9-7-17(13-21)8-10-18/h2-10,12,14-15H,11H2,1H3. The lowest BCUT2D eigenvalue weighted by Crippen LogP contribution is -1.95. The van der Waals surface area contributed by atoms with Gasteiger partial charge in [-0.25, -0.2) is 0 Å². The summed E-state index contributed by atoms with van der Waals surface area (Å²) >= 11 is 1.82. The zero-order valence-electron chi connectivity index (χ0n) is 12.5. The van der Waals surface area contributed by atoms with Crippen LogP contribution in [0.5, 0.6) is 0 Å². The smallest absolute Gasteiger partial charge is 0.0991 e. The van der Waals surface area contributed by atoms with E-state index in [1.807, 2.05) is 35.6 Å². The monoisotopic (exact) mass is 303 g/mol. The molecule has 1 nitrogen and oxygen atoms in total. The van der Waals surface area contributed by atoms with Crippen molar-refractivity contribution in [1.82, 2.24) is 0 Å². The molecule has 108 valence electrons. The molecule has 0 radical (unpaired) electrons. The lowest BCUT2D eigenvalue weighted by Gasteiger charge is -2.09. The number of hydrogen-bond donors (Lipinski definition) is 0. The van der Waals surface area contributed by atoms with Crippen molar-refractivity contribution in [3.63, 3.8) is 0 Å². The molecule has 0 aliphatic rings. The predicted octanol–water partition coefficient (Wildman–Crippen LogP) is 5.63. The van der Waals surface area contributed by atoms with E-state index < -0.39 is 0 Å². The maximum absolute atomic E-state index is 8.87. The highest BCUT2D eigenvalue weighted by Gasteiger charge is 2.10. The zero-order chi connectivity index (χ0) is 15.4. The second-order valence-corrected chi connectivity index (χ2v) is 6.46. The fraction of sp³-hybridized carbons (Fsp3) is 0.150. The first-order valence-electron chi connectivity index (χ1n) is 7.39. The zero-order valence-corrected chi connectivity index (χ0v) is 13.3. The van der Waals surface area contributed by atoms with Gasteiger partial charge in [0.25, 0.3) is 0 Å². The summed E-state index contributed by atoms with van der Waals surface area (Å²) in [7, 11) is 0. The van der Waals surface area contributed by atoms with Crippen molar-refractivity contribution in [2.24, 2.45) is 0 Å². The topological polar surface area (TPSA) is 23.8 Å². The number of benzene rings is 2. The Kier molecular flexibility index (Phi) is 4.37. The highest BCUT2D eigenvalue weighted by molar-refractivity contribution is 7.10. The first-order valence-corrected chi connectivity index (χ1v) is 8.27. The van der Waals surface area contributed by atoms with Gasteiger partial charge in [0, 0.05) is 4.88 Å². The number of rotatable bonds is 4. The molecular weight excluding hydrogens is 286 g/mol. The molecule has 1 atom stereocenters.